The Kier molecular flexibility index (Phi) is 8.18. The average Bonchev–Trinajstić information content (AvgIpc) is 2.87. The third-order valence-corrected chi connectivity index (χ3v) is 6.95. The Labute approximate surface area is 192 Å². The molecule has 1 N–H and O–H groups in total. The van der Waals surface area contributed by atoms with Crippen LogP contribution < -0.4 is 10.1 Å². The van der Waals surface area contributed by atoms with Gasteiger partial charge in [0.25, 0.3) is 5.91 Å². The number of likely N-dealkylation sites (tertiary alicyclic amines) is 2. The number of hydrogen-bond donors (Lipinski definition) is 1. The number of amides is 1. The summed E-state index contributed by atoms with van der Waals surface area (Å²) in [5.41, 5.74) is 2.87. The molecule has 2 aromatic rings. The minimum Gasteiger partial charge on any atom is -0.497 e. The van der Waals surface area contributed by atoms with Crippen molar-refractivity contribution in [3.63, 3.8) is 0 Å². The van der Waals surface area contributed by atoms with Crippen LogP contribution in [0.15, 0.2) is 48.5 Å². The molecule has 5 nitrogen and oxygen atoms in total. The minimum absolute atomic E-state index is 0.00555. The topological polar surface area (TPSA) is 44.8 Å². The summed E-state index contributed by atoms with van der Waals surface area (Å²) in [6, 6.07) is 16.5. The molecular formula is C27H37N3O2. The molecule has 0 aromatic heterocycles. The van der Waals surface area contributed by atoms with Gasteiger partial charge in [0, 0.05) is 18.2 Å². The molecule has 0 aliphatic carbocycles. The molecule has 2 saturated heterocycles. The smallest absolute Gasteiger partial charge is 0.251 e. The molecule has 0 radical (unpaired) electrons. The first-order valence-electron chi connectivity index (χ1n) is 12.2. The van der Waals surface area contributed by atoms with Crippen molar-refractivity contribution in [2.75, 3.05) is 46.4 Å². The number of hydrogen-bond acceptors (Lipinski definition) is 4. The number of carbonyl (C=O) groups is 1. The molecule has 2 aliphatic heterocycles. The van der Waals surface area contributed by atoms with Crippen LogP contribution in [0.3, 0.4) is 0 Å². The van der Waals surface area contributed by atoms with Crippen LogP contribution in [0.4, 0.5) is 0 Å². The maximum atomic E-state index is 12.5. The van der Waals surface area contributed by atoms with E-state index in [1.54, 1.807) is 7.11 Å². The number of methoxy groups -OCH3 is 1. The van der Waals surface area contributed by atoms with Gasteiger partial charge in [-0.25, -0.2) is 0 Å². The first-order valence-corrected chi connectivity index (χ1v) is 12.2. The van der Waals surface area contributed by atoms with Crippen molar-refractivity contribution >= 4 is 5.91 Å². The van der Waals surface area contributed by atoms with Crippen LogP contribution in [0.2, 0.25) is 0 Å². The van der Waals surface area contributed by atoms with Gasteiger partial charge in [-0.1, -0.05) is 30.7 Å². The van der Waals surface area contributed by atoms with Gasteiger partial charge in [-0.3, -0.25) is 4.79 Å². The van der Waals surface area contributed by atoms with Gasteiger partial charge in [-0.05, 0) is 100 Å². The predicted octanol–water partition coefficient (Wildman–Crippen LogP) is 4.43. The van der Waals surface area contributed by atoms with Crippen molar-refractivity contribution in [3.8, 4) is 16.9 Å². The lowest BCUT2D eigenvalue weighted by Gasteiger charge is -2.40. The maximum Gasteiger partial charge on any atom is 0.251 e. The number of carbonyl (C=O) groups excluding carboxylic acids is 1. The molecule has 5 heteroatoms. The molecule has 4 rings (SSSR count). The Morgan fingerprint density at radius 1 is 0.969 bits per heavy atom. The fourth-order valence-electron chi connectivity index (χ4n) is 5.01. The summed E-state index contributed by atoms with van der Waals surface area (Å²) in [5, 5.41) is 3.08. The SMILES string of the molecule is COc1cccc(-c2ccc(C(=O)NCCCN3CCC(N4CCCCC4)CC3)cc2)c1. The highest BCUT2D eigenvalue weighted by atomic mass is 16.5. The predicted molar refractivity (Wildman–Crippen MR) is 130 cm³/mol. The fourth-order valence-corrected chi connectivity index (χ4v) is 5.01. The minimum atomic E-state index is 0.00555. The summed E-state index contributed by atoms with van der Waals surface area (Å²) in [5.74, 6) is 0.839. The lowest BCUT2D eigenvalue weighted by atomic mass is 10.00. The summed E-state index contributed by atoms with van der Waals surface area (Å²) >= 11 is 0. The second-order valence-electron chi connectivity index (χ2n) is 9.09. The van der Waals surface area contributed by atoms with Gasteiger partial charge >= 0.3 is 0 Å². The number of nitrogens with one attached hydrogen (secondary N) is 1. The number of nitrogens with zero attached hydrogens (tertiary/aromatic N) is 2. The summed E-state index contributed by atoms with van der Waals surface area (Å²) < 4.78 is 5.30. The first-order chi connectivity index (χ1) is 15.7. The first kappa shape index (κ1) is 22.8. The van der Waals surface area contributed by atoms with Crippen LogP contribution in [0, 0.1) is 0 Å². The molecule has 0 atom stereocenters. The van der Waals surface area contributed by atoms with Crippen LogP contribution in [-0.2, 0) is 0 Å². The summed E-state index contributed by atoms with van der Waals surface area (Å²) in [6.07, 6.45) is 7.76. The number of piperidine rings is 2. The highest BCUT2D eigenvalue weighted by Gasteiger charge is 2.25. The van der Waals surface area contributed by atoms with Gasteiger partial charge in [0.2, 0.25) is 0 Å². The van der Waals surface area contributed by atoms with Crippen molar-refractivity contribution in [1.29, 1.82) is 0 Å². The Bertz CT molecular complexity index is 853. The van der Waals surface area contributed by atoms with Crippen LogP contribution in [0.25, 0.3) is 11.1 Å². The largest absolute Gasteiger partial charge is 0.497 e. The molecule has 2 aromatic carbocycles. The lowest BCUT2D eigenvalue weighted by Crippen LogP contribution is -2.47. The normalized spacial score (nSPS) is 18.4. The second-order valence-corrected chi connectivity index (χ2v) is 9.09. The maximum absolute atomic E-state index is 12.5. The van der Waals surface area contributed by atoms with E-state index in [9.17, 15) is 4.79 Å². The Hall–Kier alpha value is -2.37. The summed E-state index contributed by atoms with van der Waals surface area (Å²) in [7, 11) is 1.67. The molecule has 0 saturated carbocycles. The van der Waals surface area contributed by atoms with Gasteiger partial charge < -0.3 is 19.9 Å². The standard InChI is InChI=1S/C27H37N3O2/c1-32-26-8-5-7-24(21-26)22-9-11-23(12-10-22)27(31)28-15-6-16-29-19-13-25(14-20-29)30-17-3-2-4-18-30/h5,7-12,21,25H,2-4,6,13-20H2,1H3,(H,28,31). The number of benzene rings is 2. The highest BCUT2D eigenvalue weighted by molar-refractivity contribution is 5.94. The second kappa shape index (κ2) is 11.5. The molecular weight excluding hydrogens is 398 g/mol. The van der Waals surface area contributed by atoms with E-state index in [-0.39, 0.29) is 5.91 Å². The molecule has 32 heavy (non-hydrogen) atoms. The van der Waals surface area contributed by atoms with Gasteiger partial charge in [-0.2, -0.15) is 0 Å². The van der Waals surface area contributed by atoms with E-state index in [2.05, 4.69) is 15.1 Å². The Morgan fingerprint density at radius 2 is 1.72 bits per heavy atom. The van der Waals surface area contributed by atoms with Gasteiger partial charge in [0.05, 0.1) is 7.11 Å². The highest BCUT2D eigenvalue weighted by Crippen LogP contribution is 2.24. The number of rotatable bonds is 8. The zero-order chi connectivity index (χ0) is 22.2. The van der Waals surface area contributed by atoms with Crippen molar-refractivity contribution in [2.24, 2.45) is 0 Å². The van der Waals surface area contributed by atoms with Crippen molar-refractivity contribution in [2.45, 2.75) is 44.6 Å². The van der Waals surface area contributed by atoms with Crippen molar-refractivity contribution in [3.05, 3.63) is 54.1 Å². The van der Waals surface area contributed by atoms with Crippen LogP contribution >= 0.6 is 0 Å². The average molecular weight is 436 g/mol. The Balaban J connectivity index is 1.16. The van der Waals surface area contributed by atoms with Crippen molar-refractivity contribution < 1.29 is 9.53 Å². The fraction of sp³-hybridized carbons (Fsp3) is 0.519. The van der Waals surface area contributed by atoms with Crippen LogP contribution in [0.5, 0.6) is 5.75 Å². The van der Waals surface area contributed by atoms with E-state index in [1.807, 2.05) is 48.5 Å². The molecule has 2 heterocycles. The zero-order valence-electron chi connectivity index (χ0n) is 19.4. The molecule has 2 fully saturated rings. The van der Waals surface area contributed by atoms with E-state index in [1.165, 1.54) is 58.3 Å². The summed E-state index contributed by atoms with van der Waals surface area (Å²) in [6.45, 7) is 6.79. The molecule has 1 amide bonds. The van der Waals surface area contributed by atoms with E-state index in [0.29, 0.717) is 5.56 Å². The third-order valence-electron chi connectivity index (χ3n) is 6.95. The third kappa shape index (κ3) is 6.11. The van der Waals surface area contributed by atoms with Crippen LogP contribution in [0.1, 0.15) is 48.9 Å². The molecule has 2 aliphatic rings. The van der Waals surface area contributed by atoms with E-state index in [4.69, 9.17) is 4.74 Å². The molecule has 0 bridgehead atoms. The van der Waals surface area contributed by atoms with E-state index < -0.39 is 0 Å². The van der Waals surface area contributed by atoms with Crippen LogP contribution in [-0.4, -0.2) is 68.1 Å². The van der Waals surface area contributed by atoms with Gasteiger partial charge in [0.1, 0.15) is 5.75 Å². The zero-order valence-corrected chi connectivity index (χ0v) is 19.4. The quantitative estimate of drug-likeness (QED) is 0.623. The van der Waals surface area contributed by atoms with Gasteiger partial charge in [-0.15, -0.1) is 0 Å². The van der Waals surface area contributed by atoms with Gasteiger partial charge in [0.15, 0.2) is 0 Å². The van der Waals surface area contributed by atoms with E-state index >= 15 is 0 Å². The Morgan fingerprint density at radius 3 is 2.44 bits per heavy atom. The molecule has 172 valence electrons. The molecule has 0 spiro atoms. The monoisotopic (exact) mass is 435 g/mol. The summed E-state index contributed by atoms with van der Waals surface area (Å²) in [4.78, 5) is 17.8. The molecule has 0 unspecified atom stereocenters. The lowest BCUT2D eigenvalue weighted by molar-refractivity contribution is 0.0903. The van der Waals surface area contributed by atoms with Crippen molar-refractivity contribution in [1.82, 2.24) is 15.1 Å². The number of ether oxygens (including phenoxy) is 1. The van der Waals surface area contributed by atoms with E-state index in [0.717, 1.165) is 42.4 Å².